The van der Waals surface area contributed by atoms with Crippen molar-refractivity contribution in [3.8, 4) is 22.8 Å². The number of hydrogen-bond donors (Lipinski definition) is 2. The summed E-state index contributed by atoms with van der Waals surface area (Å²) >= 11 is 9.45. The van der Waals surface area contributed by atoms with E-state index in [1.165, 1.54) is 18.2 Å². The first-order chi connectivity index (χ1) is 9.95. The van der Waals surface area contributed by atoms with E-state index < -0.39 is 11.6 Å². The molecule has 0 atom stereocenters. The topological polar surface area (TPSA) is 53.4 Å². The zero-order valence-corrected chi connectivity index (χ0v) is 12.8. The van der Waals surface area contributed by atoms with Crippen molar-refractivity contribution in [1.82, 2.24) is 4.98 Å². The lowest BCUT2D eigenvalue weighted by Gasteiger charge is -2.09. The minimum absolute atomic E-state index is 0.0460. The number of pyridine rings is 1. The van der Waals surface area contributed by atoms with E-state index in [2.05, 4.69) is 20.9 Å². The fourth-order valence-electron chi connectivity index (χ4n) is 2.06. The highest BCUT2D eigenvalue weighted by Crippen LogP contribution is 2.35. The SMILES string of the molecule is Oc1cc(Cl)c2nc(-c3ccc(O)c(F)c3)c(Br)cc2c1. The van der Waals surface area contributed by atoms with Gasteiger partial charge in [0.05, 0.1) is 16.2 Å². The summed E-state index contributed by atoms with van der Waals surface area (Å²) in [6.07, 6.45) is 0. The molecule has 0 aliphatic heterocycles. The van der Waals surface area contributed by atoms with E-state index in [0.29, 0.717) is 31.7 Å². The molecule has 1 heterocycles. The molecule has 0 saturated heterocycles. The molecule has 3 rings (SSSR count). The van der Waals surface area contributed by atoms with Gasteiger partial charge in [0.25, 0.3) is 0 Å². The van der Waals surface area contributed by atoms with Crippen LogP contribution in [0.3, 0.4) is 0 Å². The van der Waals surface area contributed by atoms with Gasteiger partial charge in [-0.2, -0.15) is 0 Å². The second kappa shape index (κ2) is 5.16. The maximum Gasteiger partial charge on any atom is 0.165 e. The number of halogens is 3. The number of aromatic hydroxyl groups is 2. The van der Waals surface area contributed by atoms with E-state index in [0.717, 1.165) is 0 Å². The van der Waals surface area contributed by atoms with Gasteiger partial charge in [0, 0.05) is 21.5 Å². The minimum Gasteiger partial charge on any atom is -0.508 e. The van der Waals surface area contributed by atoms with Gasteiger partial charge in [0.1, 0.15) is 5.75 Å². The van der Waals surface area contributed by atoms with Gasteiger partial charge in [0.15, 0.2) is 11.6 Å². The molecule has 0 bridgehead atoms. The number of fused-ring (bicyclic) bond motifs is 1. The van der Waals surface area contributed by atoms with Gasteiger partial charge >= 0.3 is 0 Å². The first kappa shape index (κ1) is 14.1. The Hall–Kier alpha value is -1.85. The van der Waals surface area contributed by atoms with Gasteiger partial charge in [-0.15, -0.1) is 0 Å². The maximum absolute atomic E-state index is 13.5. The van der Waals surface area contributed by atoms with E-state index in [4.69, 9.17) is 11.6 Å². The van der Waals surface area contributed by atoms with Crippen molar-refractivity contribution < 1.29 is 14.6 Å². The van der Waals surface area contributed by atoms with Gasteiger partial charge in [-0.05, 0) is 46.3 Å². The molecule has 0 saturated carbocycles. The van der Waals surface area contributed by atoms with Crippen LogP contribution in [-0.2, 0) is 0 Å². The van der Waals surface area contributed by atoms with Crippen molar-refractivity contribution in [1.29, 1.82) is 0 Å². The standard InChI is InChI=1S/C15H8BrClFNO2/c16-10-4-8-3-9(20)6-11(17)15(8)19-14(10)7-1-2-13(21)12(18)5-7/h1-6,20-21H. The lowest BCUT2D eigenvalue weighted by molar-refractivity contribution is 0.432. The van der Waals surface area contributed by atoms with Crippen LogP contribution in [0.15, 0.2) is 40.9 Å². The molecule has 6 heteroatoms. The third kappa shape index (κ3) is 2.54. The molecule has 21 heavy (non-hydrogen) atoms. The molecular formula is C15H8BrClFNO2. The Bertz CT molecular complexity index is 870. The summed E-state index contributed by atoms with van der Waals surface area (Å²) in [7, 11) is 0. The second-order valence-corrected chi connectivity index (χ2v) is 5.75. The fraction of sp³-hybridized carbons (Fsp3) is 0. The average molecular weight is 369 g/mol. The third-order valence-corrected chi connectivity index (χ3v) is 3.92. The van der Waals surface area contributed by atoms with Crippen LogP contribution in [0.2, 0.25) is 5.02 Å². The summed E-state index contributed by atoms with van der Waals surface area (Å²) < 4.78 is 14.1. The van der Waals surface area contributed by atoms with Gasteiger partial charge in [-0.1, -0.05) is 11.6 Å². The van der Waals surface area contributed by atoms with Crippen molar-refractivity contribution in [2.45, 2.75) is 0 Å². The van der Waals surface area contributed by atoms with Gasteiger partial charge in [0.2, 0.25) is 0 Å². The summed E-state index contributed by atoms with van der Waals surface area (Å²) in [5, 5.41) is 19.8. The average Bonchev–Trinajstić information content (AvgIpc) is 2.41. The monoisotopic (exact) mass is 367 g/mol. The highest BCUT2D eigenvalue weighted by molar-refractivity contribution is 9.10. The van der Waals surface area contributed by atoms with Crippen molar-refractivity contribution >= 4 is 38.4 Å². The number of phenols is 2. The van der Waals surface area contributed by atoms with Crippen LogP contribution in [0.5, 0.6) is 11.5 Å². The molecule has 0 amide bonds. The third-order valence-electron chi connectivity index (χ3n) is 3.03. The van der Waals surface area contributed by atoms with Crippen LogP contribution in [0.1, 0.15) is 0 Å². The molecule has 106 valence electrons. The quantitative estimate of drug-likeness (QED) is 0.644. The first-order valence-electron chi connectivity index (χ1n) is 5.93. The van der Waals surface area contributed by atoms with Crippen LogP contribution in [-0.4, -0.2) is 15.2 Å². The van der Waals surface area contributed by atoms with Crippen molar-refractivity contribution in [2.24, 2.45) is 0 Å². The van der Waals surface area contributed by atoms with Crippen LogP contribution in [0.25, 0.3) is 22.2 Å². The van der Waals surface area contributed by atoms with Crippen LogP contribution < -0.4 is 0 Å². The molecule has 0 spiro atoms. The molecule has 0 unspecified atom stereocenters. The zero-order chi connectivity index (χ0) is 15.1. The predicted molar refractivity (Wildman–Crippen MR) is 83.2 cm³/mol. The molecule has 1 aromatic heterocycles. The molecule has 0 radical (unpaired) electrons. The zero-order valence-electron chi connectivity index (χ0n) is 10.4. The molecule has 3 nitrogen and oxygen atoms in total. The van der Waals surface area contributed by atoms with Crippen molar-refractivity contribution in [2.75, 3.05) is 0 Å². The van der Waals surface area contributed by atoms with Gasteiger partial charge < -0.3 is 10.2 Å². The first-order valence-corrected chi connectivity index (χ1v) is 7.10. The Balaban J connectivity index is 2.27. The minimum atomic E-state index is -0.724. The number of nitrogens with zero attached hydrogens (tertiary/aromatic N) is 1. The Morgan fingerprint density at radius 2 is 1.86 bits per heavy atom. The highest BCUT2D eigenvalue weighted by Gasteiger charge is 2.12. The summed E-state index contributed by atoms with van der Waals surface area (Å²) in [5.41, 5.74) is 1.50. The van der Waals surface area contributed by atoms with Gasteiger partial charge in [-0.25, -0.2) is 9.37 Å². The summed E-state index contributed by atoms with van der Waals surface area (Å²) in [6, 6.07) is 8.70. The Morgan fingerprint density at radius 3 is 2.57 bits per heavy atom. The van der Waals surface area contributed by atoms with E-state index in [1.54, 1.807) is 18.2 Å². The molecule has 0 fully saturated rings. The molecular weight excluding hydrogens is 361 g/mol. The second-order valence-electron chi connectivity index (χ2n) is 4.48. The summed E-state index contributed by atoms with van der Waals surface area (Å²) in [6.45, 7) is 0. The number of phenolic OH excluding ortho intramolecular Hbond substituents is 2. The molecule has 0 aliphatic carbocycles. The van der Waals surface area contributed by atoms with E-state index >= 15 is 0 Å². The molecule has 0 aliphatic rings. The van der Waals surface area contributed by atoms with Gasteiger partial charge in [-0.3, -0.25) is 0 Å². The lowest BCUT2D eigenvalue weighted by atomic mass is 10.1. The van der Waals surface area contributed by atoms with Crippen LogP contribution in [0, 0.1) is 5.82 Å². The van der Waals surface area contributed by atoms with E-state index in [1.807, 2.05) is 0 Å². The van der Waals surface area contributed by atoms with E-state index in [-0.39, 0.29) is 5.75 Å². The Morgan fingerprint density at radius 1 is 1.10 bits per heavy atom. The smallest absolute Gasteiger partial charge is 0.165 e. The molecule has 2 aromatic carbocycles. The number of aromatic nitrogens is 1. The fourth-order valence-corrected chi connectivity index (χ4v) is 2.89. The van der Waals surface area contributed by atoms with Crippen molar-refractivity contribution in [3.05, 3.63) is 51.7 Å². The highest BCUT2D eigenvalue weighted by atomic mass is 79.9. The van der Waals surface area contributed by atoms with Crippen molar-refractivity contribution in [3.63, 3.8) is 0 Å². The predicted octanol–water partition coefficient (Wildman–Crippen LogP) is 4.87. The Kier molecular flexibility index (Phi) is 3.47. The maximum atomic E-state index is 13.5. The molecule has 3 aromatic rings. The van der Waals surface area contributed by atoms with E-state index in [9.17, 15) is 14.6 Å². The lowest BCUT2D eigenvalue weighted by Crippen LogP contribution is -1.90. The number of hydrogen-bond acceptors (Lipinski definition) is 3. The number of rotatable bonds is 1. The summed E-state index contributed by atoms with van der Waals surface area (Å²) in [5.74, 6) is -1.10. The number of benzene rings is 2. The van der Waals surface area contributed by atoms with Crippen LogP contribution >= 0.6 is 27.5 Å². The molecule has 2 N–H and O–H groups in total. The summed E-state index contributed by atoms with van der Waals surface area (Å²) in [4.78, 5) is 4.42. The largest absolute Gasteiger partial charge is 0.508 e. The Labute approximate surface area is 132 Å². The van der Waals surface area contributed by atoms with Crippen LogP contribution in [0.4, 0.5) is 4.39 Å². The normalized spacial score (nSPS) is 11.0.